The van der Waals surface area contributed by atoms with Gasteiger partial charge < -0.3 is 15.1 Å². The Kier molecular flexibility index (Phi) is 7.93. The molecule has 1 saturated heterocycles. The Hall–Kier alpha value is -4.54. The molecule has 3 aromatic rings. The third kappa shape index (κ3) is 5.10. The lowest BCUT2D eigenvalue weighted by molar-refractivity contribution is -0.348. The highest BCUT2D eigenvalue weighted by atomic mass is 32.2. The van der Waals surface area contributed by atoms with Crippen molar-refractivity contribution in [2.45, 2.75) is 53.0 Å². The molecule has 1 aliphatic carbocycles. The highest BCUT2D eigenvalue weighted by Crippen LogP contribution is 2.56. The average molecular weight is 692 g/mol. The number of rotatable bonds is 6. The van der Waals surface area contributed by atoms with Gasteiger partial charge in [0.25, 0.3) is 5.91 Å². The summed E-state index contributed by atoms with van der Waals surface area (Å²) in [6, 6.07) is 5.65. The van der Waals surface area contributed by atoms with E-state index in [1.807, 2.05) is 0 Å². The van der Waals surface area contributed by atoms with E-state index in [-0.39, 0.29) is 23.6 Å². The van der Waals surface area contributed by atoms with Gasteiger partial charge in [0, 0.05) is 17.7 Å². The van der Waals surface area contributed by atoms with Gasteiger partial charge >= 0.3 is 30.0 Å². The van der Waals surface area contributed by atoms with Crippen LogP contribution in [0.25, 0.3) is 0 Å². The number of benzene rings is 3. The zero-order chi connectivity index (χ0) is 34.9. The Balaban J connectivity index is 1.71. The predicted molar refractivity (Wildman–Crippen MR) is 145 cm³/mol. The van der Waals surface area contributed by atoms with Crippen LogP contribution in [-0.2, 0) is 26.7 Å². The number of fused-ring (bicyclic) bond motifs is 3. The van der Waals surface area contributed by atoms with E-state index in [0.29, 0.717) is 12.1 Å². The van der Waals surface area contributed by atoms with Crippen molar-refractivity contribution in [2.24, 2.45) is 0 Å². The van der Waals surface area contributed by atoms with Crippen molar-refractivity contribution in [3.63, 3.8) is 0 Å². The number of carbonyl (C=O) groups is 3. The van der Waals surface area contributed by atoms with Gasteiger partial charge in [0.15, 0.2) is 9.84 Å². The van der Waals surface area contributed by atoms with E-state index in [1.54, 1.807) is 0 Å². The summed E-state index contributed by atoms with van der Waals surface area (Å²) in [6.45, 7) is -0.400. The van der Waals surface area contributed by atoms with Crippen molar-refractivity contribution in [1.82, 2.24) is 4.90 Å². The number of hydrogen-bond donors (Lipinski definition) is 2. The standard InChI is InChI=1S/C30H21F8NO7S/c31-20-3-5-21(6-4-20)47(45,46)27-9-10-39(24(40)16-11-17(25(41)42)13-18(12-16)26(43)44)23(27)8-1-15-14-19(2-7-22(15)27)28(32,29(33,34)35)30(36,37)38/h2-7,11-14,23H,1,8-10H2,(H,41,42)(H,43,44)/t23-,27-/m1/s1. The second kappa shape index (κ2) is 11.0. The second-order valence-electron chi connectivity index (χ2n) is 11.1. The predicted octanol–water partition coefficient (Wildman–Crippen LogP) is 6.04. The molecule has 2 N–H and O–H groups in total. The summed E-state index contributed by atoms with van der Waals surface area (Å²) in [5.74, 6) is -5.00. The summed E-state index contributed by atoms with van der Waals surface area (Å²) in [5.41, 5.74) is -9.92. The molecule has 0 bridgehead atoms. The third-order valence-electron chi connectivity index (χ3n) is 8.60. The van der Waals surface area contributed by atoms with E-state index in [9.17, 15) is 63.7 Å². The third-order valence-corrected chi connectivity index (χ3v) is 11.2. The van der Waals surface area contributed by atoms with Crippen LogP contribution in [0.4, 0.5) is 35.1 Å². The number of aromatic carboxylic acids is 2. The molecular weight excluding hydrogens is 670 g/mol. The Morgan fingerprint density at radius 1 is 0.787 bits per heavy atom. The molecule has 1 aliphatic heterocycles. The molecule has 0 radical (unpaired) electrons. The van der Waals surface area contributed by atoms with Crippen molar-refractivity contribution in [2.75, 3.05) is 6.54 Å². The minimum atomic E-state index is -6.44. The topological polar surface area (TPSA) is 129 Å². The highest BCUT2D eigenvalue weighted by Gasteiger charge is 2.74. The Morgan fingerprint density at radius 2 is 1.32 bits per heavy atom. The van der Waals surface area contributed by atoms with Crippen LogP contribution in [0.5, 0.6) is 0 Å². The number of nitrogens with zero attached hydrogens (tertiary/aromatic N) is 1. The summed E-state index contributed by atoms with van der Waals surface area (Å²) in [4.78, 5) is 37.6. The fourth-order valence-electron chi connectivity index (χ4n) is 6.46. The first-order valence-electron chi connectivity index (χ1n) is 13.6. The lowest BCUT2D eigenvalue weighted by Gasteiger charge is -2.43. The molecule has 2 atom stereocenters. The highest BCUT2D eigenvalue weighted by molar-refractivity contribution is 7.92. The number of aryl methyl sites for hydroxylation is 1. The molecule has 17 heteroatoms. The average Bonchev–Trinajstić information content (AvgIpc) is 3.40. The van der Waals surface area contributed by atoms with Gasteiger partial charge in [-0.05, 0) is 72.9 Å². The maximum atomic E-state index is 15.0. The van der Waals surface area contributed by atoms with Crippen molar-refractivity contribution in [3.05, 3.63) is 99.9 Å². The Bertz CT molecular complexity index is 1860. The maximum absolute atomic E-state index is 15.0. The van der Waals surface area contributed by atoms with Gasteiger partial charge in [0.1, 0.15) is 10.6 Å². The number of carbonyl (C=O) groups excluding carboxylic acids is 1. The monoisotopic (exact) mass is 691 g/mol. The molecule has 1 amide bonds. The van der Waals surface area contributed by atoms with Crippen LogP contribution in [0.2, 0.25) is 0 Å². The number of hydrogen-bond acceptors (Lipinski definition) is 5. The number of carboxylic acid groups (broad SMARTS) is 2. The van der Waals surface area contributed by atoms with E-state index in [0.717, 1.165) is 47.4 Å². The lowest BCUT2D eigenvalue weighted by atomic mass is 9.76. The number of likely N-dealkylation sites (tertiary alicyclic amines) is 1. The summed E-state index contributed by atoms with van der Waals surface area (Å²) < 4.78 is 137. The van der Waals surface area contributed by atoms with E-state index < -0.39 is 109 Å². The molecule has 0 saturated carbocycles. The van der Waals surface area contributed by atoms with Crippen LogP contribution in [0.15, 0.2) is 65.6 Å². The van der Waals surface area contributed by atoms with Crippen LogP contribution in [-0.4, -0.2) is 66.3 Å². The number of sulfone groups is 1. The van der Waals surface area contributed by atoms with Gasteiger partial charge in [-0.3, -0.25) is 4.79 Å². The first-order chi connectivity index (χ1) is 21.7. The first kappa shape index (κ1) is 33.8. The summed E-state index contributed by atoms with van der Waals surface area (Å²) in [7, 11) is -4.77. The lowest BCUT2D eigenvalue weighted by Crippen LogP contribution is -2.53. The van der Waals surface area contributed by atoms with Crippen molar-refractivity contribution < 1.29 is 68.1 Å². The van der Waals surface area contributed by atoms with Crippen molar-refractivity contribution >= 4 is 27.7 Å². The summed E-state index contributed by atoms with van der Waals surface area (Å²) >= 11 is 0. The maximum Gasteiger partial charge on any atom is 0.435 e. The van der Waals surface area contributed by atoms with Crippen LogP contribution in [0, 0.1) is 5.82 Å². The molecule has 1 heterocycles. The van der Waals surface area contributed by atoms with Gasteiger partial charge in [0.2, 0.25) is 0 Å². The van der Waals surface area contributed by atoms with Gasteiger partial charge in [0.05, 0.1) is 22.1 Å². The smallest absolute Gasteiger partial charge is 0.435 e. The molecule has 5 rings (SSSR count). The minimum absolute atomic E-state index is 0.185. The molecule has 3 aromatic carbocycles. The molecular formula is C30H21F8NO7S. The molecule has 2 aliphatic rings. The fourth-order valence-corrected chi connectivity index (χ4v) is 8.83. The Labute approximate surface area is 260 Å². The molecule has 1 fully saturated rings. The van der Waals surface area contributed by atoms with Crippen molar-refractivity contribution in [1.29, 1.82) is 0 Å². The molecule has 250 valence electrons. The number of alkyl halides is 7. The first-order valence-corrected chi connectivity index (χ1v) is 15.0. The van der Waals surface area contributed by atoms with Crippen LogP contribution >= 0.6 is 0 Å². The molecule has 0 unspecified atom stereocenters. The van der Waals surface area contributed by atoms with Crippen molar-refractivity contribution in [3.8, 4) is 0 Å². The van der Waals surface area contributed by atoms with Gasteiger partial charge in [-0.15, -0.1) is 0 Å². The summed E-state index contributed by atoms with van der Waals surface area (Å²) in [6.07, 6.45) is -14.2. The quantitative estimate of drug-likeness (QED) is 0.238. The van der Waals surface area contributed by atoms with E-state index in [2.05, 4.69) is 0 Å². The van der Waals surface area contributed by atoms with E-state index in [4.69, 9.17) is 0 Å². The van der Waals surface area contributed by atoms with Crippen LogP contribution < -0.4 is 0 Å². The zero-order valence-electron chi connectivity index (χ0n) is 23.5. The van der Waals surface area contributed by atoms with Gasteiger partial charge in [-0.25, -0.2) is 26.8 Å². The zero-order valence-corrected chi connectivity index (χ0v) is 24.3. The van der Waals surface area contributed by atoms with E-state index >= 15 is 4.39 Å². The molecule has 0 spiro atoms. The minimum Gasteiger partial charge on any atom is -0.478 e. The normalized spacial score (nSPS) is 20.0. The largest absolute Gasteiger partial charge is 0.478 e. The molecule has 8 nitrogen and oxygen atoms in total. The van der Waals surface area contributed by atoms with Gasteiger partial charge in [-0.2, -0.15) is 26.3 Å². The SMILES string of the molecule is O=C(O)c1cc(C(=O)O)cc(C(=O)N2CC[C@@]3(S(=O)(=O)c4ccc(F)cc4)c4ccc(C(F)(C(F)(F)F)C(F)(F)F)cc4CC[C@@H]23)c1. The second-order valence-corrected chi connectivity index (χ2v) is 13.3. The molecule has 0 aromatic heterocycles. The van der Waals surface area contributed by atoms with Crippen LogP contribution in [0.1, 0.15) is 60.6 Å². The number of amides is 1. The van der Waals surface area contributed by atoms with Crippen LogP contribution in [0.3, 0.4) is 0 Å². The fraction of sp³-hybridized carbons (Fsp3) is 0.300. The Morgan fingerprint density at radius 3 is 1.83 bits per heavy atom. The molecule has 47 heavy (non-hydrogen) atoms. The van der Waals surface area contributed by atoms with E-state index in [1.165, 1.54) is 0 Å². The summed E-state index contributed by atoms with van der Waals surface area (Å²) in [5, 5.41) is 18.9. The number of halogens is 8. The van der Waals surface area contributed by atoms with Gasteiger partial charge in [-0.1, -0.05) is 18.2 Å². The number of carboxylic acids is 2.